The van der Waals surface area contributed by atoms with Gasteiger partial charge in [0.15, 0.2) is 5.82 Å². The fourth-order valence-electron chi connectivity index (χ4n) is 2.05. The van der Waals surface area contributed by atoms with Crippen LogP contribution in [0, 0.1) is 5.92 Å². The Labute approximate surface area is 136 Å². The van der Waals surface area contributed by atoms with Gasteiger partial charge < -0.3 is 14.9 Å². The van der Waals surface area contributed by atoms with Gasteiger partial charge in [-0.15, -0.1) is 0 Å². The largest absolute Gasteiger partial charge is 0.481 e. The van der Waals surface area contributed by atoms with E-state index in [4.69, 9.17) is 9.63 Å². The van der Waals surface area contributed by atoms with Gasteiger partial charge in [0.1, 0.15) is 0 Å². The first-order valence-electron chi connectivity index (χ1n) is 8.06. The normalized spacial score (nSPS) is 12.9. The van der Waals surface area contributed by atoms with Gasteiger partial charge in [-0.2, -0.15) is 4.98 Å². The second-order valence-corrected chi connectivity index (χ2v) is 6.74. The lowest BCUT2D eigenvalue weighted by molar-refractivity contribution is -0.141. The van der Waals surface area contributed by atoms with E-state index in [1.807, 2.05) is 27.7 Å². The highest BCUT2D eigenvalue weighted by molar-refractivity contribution is 5.77. The number of aromatic nitrogens is 2. The number of aryl methyl sites for hydroxylation is 1. The lowest BCUT2D eigenvalue weighted by atomic mass is 9.96. The molecule has 1 amide bonds. The van der Waals surface area contributed by atoms with Crippen LogP contribution in [0.25, 0.3) is 0 Å². The molecule has 0 saturated carbocycles. The Morgan fingerprint density at radius 1 is 1.35 bits per heavy atom. The zero-order valence-electron chi connectivity index (χ0n) is 14.4. The van der Waals surface area contributed by atoms with Crippen LogP contribution in [0.15, 0.2) is 4.52 Å². The molecule has 1 heterocycles. The standard InChI is InChI=1S/C16H27N3O4/c1-5-7-11(14(21)22)10-17-12(20)8-6-9-13-18-15(19-23-13)16(2,3)4/h11H,5-10H2,1-4H3,(H,17,20)(H,21,22). The summed E-state index contributed by atoms with van der Waals surface area (Å²) in [7, 11) is 0. The molecule has 0 radical (unpaired) electrons. The van der Waals surface area contributed by atoms with Crippen LogP contribution in [0.2, 0.25) is 0 Å². The van der Waals surface area contributed by atoms with Crippen LogP contribution in [0.4, 0.5) is 0 Å². The summed E-state index contributed by atoms with van der Waals surface area (Å²) in [5.41, 5.74) is -0.162. The lowest BCUT2D eigenvalue weighted by Crippen LogP contribution is -2.32. The topological polar surface area (TPSA) is 105 Å². The number of amides is 1. The van der Waals surface area contributed by atoms with E-state index in [9.17, 15) is 9.59 Å². The average Bonchev–Trinajstić information content (AvgIpc) is 2.92. The molecule has 1 aromatic rings. The predicted octanol–water partition coefficient (Wildman–Crippen LogP) is 2.31. The summed E-state index contributed by atoms with van der Waals surface area (Å²) in [5, 5.41) is 15.6. The van der Waals surface area contributed by atoms with Crippen molar-refractivity contribution in [3.63, 3.8) is 0 Å². The summed E-state index contributed by atoms with van der Waals surface area (Å²) in [6.45, 7) is 8.11. The summed E-state index contributed by atoms with van der Waals surface area (Å²) in [6.07, 6.45) is 2.77. The number of carboxylic acids is 1. The monoisotopic (exact) mass is 325 g/mol. The molecule has 0 aromatic carbocycles. The maximum Gasteiger partial charge on any atom is 0.308 e. The number of hydrogen-bond donors (Lipinski definition) is 2. The molecule has 0 fully saturated rings. The molecule has 0 saturated heterocycles. The Hall–Kier alpha value is -1.92. The van der Waals surface area contributed by atoms with E-state index in [1.165, 1.54) is 0 Å². The van der Waals surface area contributed by atoms with E-state index < -0.39 is 11.9 Å². The zero-order chi connectivity index (χ0) is 17.5. The molecule has 23 heavy (non-hydrogen) atoms. The molecule has 1 atom stereocenters. The molecule has 0 bridgehead atoms. The lowest BCUT2D eigenvalue weighted by Gasteiger charge is -2.12. The molecular formula is C16H27N3O4. The Kier molecular flexibility index (Phi) is 7.19. The third-order valence-electron chi connectivity index (χ3n) is 3.47. The zero-order valence-corrected chi connectivity index (χ0v) is 14.4. The van der Waals surface area contributed by atoms with Gasteiger partial charge >= 0.3 is 5.97 Å². The van der Waals surface area contributed by atoms with E-state index in [0.717, 1.165) is 6.42 Å². The highest BCUT2D eigenvalue weighted by atomic mass is 16.5. The van der Waals surface area contributed by atoms with Crippen molar-refractivity contribution in [1.29, 1.82) is 0 Å². The van der Waals surface area contributed by atoms with E-state index in [2.05, 4.69) is 15.5 Å². The number of carbonyl (C=O) groups is 2. The molecule has 0 aliphatic rings. The molecule has 130 valence electrons. The highest BCUT2D eigenvalue weighted by Crippen LogP contribution is 2.18. The van der Waals surface area contributed by atoms with Crippen LogP contribution < -0.4 is 5.32 Å². The molecule has 0 aliphatic heterocycles. The number of carboxylic acid groups (broad SMARTS) is 1. The molecule has 1 rings (SSSR count). The van der Waals surface area contributed by atoms with Crippen LogP contribution in [-0.2, 0) is 21.4 Å². The Bertz CT molecular complexity index is 520. The van der Waals surface area contributed by atoms with Crippen molar-refractivity contribution in [2.24, 2.45) is 5.92 Å². The molecule has 7 nitrogen and oxygen atoms in total. The molecule has 1 unspecified atom stereocenters. The predicted molar refractivity (Wildman–Crippen MR) is 85.0 cm³/mol. The van der Waals surface area contributed by atoms with Gasteiger partial charge in [-0.3, -0.25) is 9.59 Å². The minimum Gasteiger partial charge on any atom is -0.481 e. The van der Waals surface area contributed by atoms with Gasteiger partial charge in [0, 0.05) is 24.8 Å². The minimum absolute atomic E-state index is 0.150. The minimum atomic E-state index is -0.868. The van der Waals surface area contributed by atoms with Crippen molar-refractivity contribution in [3.8, 4) is 0 Å². The third-order valence-corrected chi connectivity index (χ3v) is 3.47. The van der Waals surface area contributed by atoms with Crippen LogP contribution in [-0.4, -0.2) is 33.7 Å². The first-order chi connectivity index (χ1) is 10.7. The molecule has 1 aromatic heterocycles. The quantitative estimate of drug-likeness (QED) is 0.722. The first-order valence-corrected chi connectivity index (χ1v) is 8.06. The van der Waals surface area contributed by atoms with Crippen LogP contribution in [0.5, 0.6) is 0 Å². The van der Waals surface area contributed by atoms with Crippen molar-refractivity contribution in [2.75, 3.05) is 6.54 Å². The number of carbonyl (C=O) groups excluding carboxylic acids is 1. The maximum absolute atomic E-state index is 11.8. The van der Waals surface area contributed by atoms with E-state index in [1.54, 1.807) is 0 Å². The summed E-state index contributed by atoms with van der Waals surface area (Å²) in [5.74, 6) is -0.359. The summed E-state index contributed by atoms with van der Waals surface area (Å²) in [6, 6.07) is 0. The van der Waals surface area contributed by atoms with Gasteiger partial charge in [0.25, 0.3) is 0 Å². The molecule has 2 N–H and O–H groups in total. The smallest absolute Gasteiger partial charge is 0.308 e. The van der Waals surface area contributed by atoms with Gasteiger partial charge in [-0.1, -0.05) is 39.3 Å². The Morgan fingerprint density at radius 3 is 2.57 bits per heavy atom. The number of aliphatic carboxylic acids is 1. The van der Waals surface area contributed by atoms with Crippen molar-refractivity contribution in [3.05, 3.63) is 11.7 Å². The van der Waals surface area contributed by atoms with Gasteiger partial charge in [-0.05, 0) is 12.8 Å². The van der Waals surface area contributed by atoms with Crippen molar-refractivity contribution in [2.45, 2.75) is 65.2 Å². The summed E-state index contributed by atoms with van der Waals surface area (Å²) >= 11 is 0. The van der Waals surface area contributed by atoms with Gasteiger partial charge in [-0.25, -0.2) is 0 Å². The second-order valence-electron chi connectivity index (χ2n) is 6.74. The fraction of sp³-hybridized carbons (Fsp3) is 0.750. The Morgan fingerprint density at radius 2 is 2.04 bits per heavy atom. The van der Waals surface area contributed by atoms with Crippen molar-refractivity contribution in [1.82, 2.24) is 15.5 Å². The van der Waals surface area contributed by atoms with Crippen molar-refractivity contribution >= 4 is 11.9 Å². The molecule has 7 heteroatoms. The van der Waals surface area contributed by atoms with E-state index >= 15 is 0 Å². The second kappa shape index (κ2) is 8.64. The summed E-state index contributed by atoms with van der Waals surface area (Å²) in [4.78, 5) is 27.1. The molecule has 0 spiro atoms. The maximum atomic E-state index is 11.8. The SMILES string of the molecule is CCCC(CNC(=O)CCCc1nc(C(C)(C)C)no1)C(=O)O. The van der Waals surface area contributed by atoms with Crippen LogP contribution in [0.3, 0.4) is 0 Å². The van der Waals surface area contributed by atoms with Crippen molar-refractivity contribution < 1.29 is 19.2 Å². The summed E-state index contributed by atoms with van der Waals surface area (Å²) < 4.78 is 5.16. The highest BCUT2D eigenvalue weighted by Gasteiger charge is 2.21. The van der Waals surface area contributed by atoms with Crippen LogP contribution >= 0.6 is 0 Å². The number of nitrogens with one attached hydrogen (secondary N) is 1. The van der Waals surface area contributed by atoms with Crippen LogP contribution in [0.1, 0.15) is 65.1 Å². The van der Waals surface area contributed by atoms with Gasteiger partial charge in [0.2, 0.25) is 11.8 Å². The number of nitrogens with zero attached hydrogens (tertiary/aromatic N) is 2. The average molecular weight is 325 g/mol. The number of rotatable bonds is 9. The van der Waals surface area contributed by atoms with Gasteiger partial charge in [0.05, 0.1) is 5.92 Å². The van der Waals surface area contributed by atoms with E-state index in [-0.39, 0.29) is 17.9 Å². The number of hydrogen-bond acceptors (Lipinski definition) is 5. The Balaban J connectivity index is 2.31. The molecular weight excluding hydrogens is 298 g/mol. The third kappa shape index (κ3) is 6.80. The fourth-order valence-corrected chi connectivity index (χ4v) is 2.05. The molecule has 0 aliphatic carbocycles. The first kappa shape index (κ1) is 19.1. The van der Waals surface area contributed by atoms with E-state index in [0.29, 0.717) is 37.4 Å².